The van der Waals surface area contributed by atoms with Crippen LogP contribution in [0.5, 0.6) is 0 Å². The van der Waals surface area contributed by atoms with E-state index in [1.807, 2.05) is 45.0 Å². The second kappa shape index (κ2) is 9.49. The van der Waals surface area contributed by atoms with E-state index in [0.717, 1.165) is 10.8 Å². The Morgan fingerprint density at radius 3 is 2.62 bits per heavy atom. The molecule has 2 unspecified atom stereocenters. The number of amides is 2. The summed E-state index contributed by atoms with van der Waals surface area (Å²) in [6, 6.07) is 10.2. The summed E-state index contributed by atoms with van der Waals surface area (Å²) >= 11 is 0. The molecule has 5 atom stereocenters. The van der Waals surface area contributed by atoms with E-state index in [-0.39, 0.29) is 34.6 Å². The molecule has 2 fully saturated rings. The largest absolute Gasteiger partial charge is 0.372 e. The number of rotatable bonds is 6. The Labute approximate surface area is 226 Å². The van der Waals surface area contributed by atoms with Crippen molar-refractivity contribution in [2.45, 2.75) is 52.7 Å². The minimum absolute atomic E-state index is 0.0203. The fourth-order valence-electron chi connectivity index (χ4n) is 5.95. The molecule has 5 rings (SSSR count). The van der Waals surface area contributed by atoms with Gasteiger partial charge in [-0.15, -0.1) is 0 Å². The van der Waals surface area contributed by atoms with Gasteiger partial charge in [0.2, 0.25) is 17.4 Å². The number of fused-ring (bicyclic) bond motifs is 2. The van der Waals surface area contributed by atoms with Crippen LogP contribution >= 0.6 is 0 Å². The van der Waals surface area contributed by atoms with E-state index in [9.17, 15) is 19.6 Å². The van der Waals surface area contributed by atoms with Crippen molar-refractivity contribution >= 4 is 28.3 Å². The molecule has 39 heavy (non-hydrogen) atoms. The zero-order valence-corrected chi connectivity index (χ0v) is 22.7. The van der Waals surface area contributed by atoms with E-state index in [0.29, 0.717) is 17.9 Å². The molecule has 0 bridgehead atoms. The summed E-state index contributed by atoms with van der Waals surface area (Å²) in [4.78, 5) is 43.8. The predicted molar refractivity (Wildman–Crippen MR) is 146 cm³/mol. The first kappa shape index (κ1) is 26.4. The third-order valence-corrected chi connectivity index (χ3v) is 8.26. The van der Waals surface area contributed by atoms with Gasteiger partial charge in [0.05, 0.1) is 18.0 Å². The fraction of sp³-hybridized carbons (Fsp3) is 0.448. The zero-order valence-electron chi connectivity index (χ0n) is 22.7. The van der Waals surface area contributed by atoms with Gasteiger partial charge in [0.15, 0.2) is 6.04 Å². The van der Waals surface area contributed by atoms with Crippen LogP contribution in [0.4, 0.5) is 5.69 Å². The lowest BCUT2D eigenvalue weighted by atomic mass is 9.85. The molecular weight excluding hydrogens is 494 g/mol. The Bertz CT molecular complexity index is 1510. The molecule has 202 valence electrons. The van der Waals surface area contributed by atoms with E-state index in [1.54, 1.807) is 17.2 Å². The highest BCUT2D eigenvalue weighted by Gasteiger charge is 2.69. The number of H-pyrrole nitrogens is 1. The van der Waals surface area contributed by atoms with Crippen molar-refractivity contribution < 1.29 is 9.59 Å². The molecule has 2 aromatic heterocycles. The highest BCUT2D eigenvalue weighted by atomic mass is 16.2. The summed E-state index contributed by atoms with van der Waals surface area (Å²) < 4.78 is 0. The molecule has 0 spiro atoms. The fourth-order valence-corrected chi connectivity index (χ4v) is 5.95. The van der Waals surface area contributed by atoms with Crippen molar-refractivity contribution in [1.29, 1.82) is 5.26 Å². The number of carbonyl (C=O) groups excluding carboxylic acids is 2. The number of aromatic nitrogens is 3. The van der Waals surface area contributed by atoms with E-state index in [1.165, 1.54) is 12.3 Å². The van der Waals surface area contributed by atoms with Crippen LogP contribution in [0.25, 0.3) is 10.8 Å². The molecule has 1 aliphatic heterocycles. The molecule has 10 heteroatoms. The normalized spacial score (nSPS) is 22.9. The van der Waals surface area contributed by atoms with Crippen LogP contribution in [-0.4, -0.2) is 50.5 Å². The molecule has 1 saturated heterocycles. The molecule has 2 amide bonds. The van der Waals surface area contributed by atoms with Gasteiger partial charge in [-0.3, -0.25) is 14.4 Å². The number of anilines is 1. The summed E-state index contributed by atoms with van der Waals surface area (Å²) in [6.07, 6.45) is 3.15. The molecule has 10 nitrogen and oxygen atoms in total. The number of carbonyl (C=O) groups is 2. The van der Waals surface area contributed by atoms with Gasteiger partial charge in [-0.25, -0.2) is 0 Å². The number of hydrogen-bond acceptors (Lipinski definition) is 7. The third-order valence-electron chi connectivity index (χ3n) is 8.26. The Balaban J connectivity index is 1.43. The molecule has 3 aromatic rings. The molecule has 1 saturated carbocycles. The number of nitrogens with zero attached hydrogens (tertiary/aromatic N) is 4. The first-order valence-electron chi connectivity index (χ1n) is 13.1. The van der Waals surface area contributed by atoms with Crippen LogP contribution in [0.2, 0.25) is 0 Å². The van der Waals surface area contributed by atoms with E-state index in [4.69, 9.17) is 0 Å². The Kier molecular flexibility index (Phi) is 6.41. The number of pyridine rings is 1. The smallest absolute Gasteiger partial charge is 0.248 e. The number of benzene rings is 1. The first-order valence-corrected chi connectivity index (χ1v) is 13.1. The number of piperidine rings is 1. The molecule has 1 aliphatic carbocycles. The number of nitrogens with one attached hydrogen (secondary N) is 3. The lowest BCUT2D eigenvalue weighted by molar-refractivity contribution is -0.142. The Morgan fingerprint density at radius 2 is 1.95 bits per heavy atom. The topological polar surface area (TPSA) is 144 Å². The summed E-state index contributed by atoms with van der Waals surface area (Å²) in [6.45, 7) is 10.5. The molecule has 1 aromatic carbocycles. The van der Waals surface area contributed by atoms with Crippen LogP contribution in [0.3, 0.4) is 0 Å². The van der Waals surface area contributed by atoms with Gasteiger partial charge in [-0.1, -0.05) is 58.9 Å². The van der Waals surface area contributed by atoms with Gasteiger partial charge in [0, 0.05) is 29.6 Å². The molecule has 3 heterocycles. The third kappa shape index (κ3) is 4.73. The average Bonchev–Trinajstić information content (AvgIpc) is 3.22. The monoisotopic (exact) mass is 527 g/mol. The number of aromatic amines is 1. The van der Waals surface area contributed by atoms with E-state index in [2.05, 4.69) is 45.7 Å². The lowest BCUT2D eigenvalue weighted by Crippen LogP contribution is -2.56. The molecule has 2 aliphatic rings. The average molecular weight is 528 g/mol. The summed E-state index contributed by atoms with van der Waals surface area (Å²) in [5.74, 6) is -0.411. The van der Waals surface area contributed by atoms with Gasteiger partial charge in [0.1, 0.15) is 17.8 Å². The second-order valence-electron chi connectivity index (χ2n) is 12.2. The van der Waals surface area contributed by atoms with Crippen LogP contribution in [0.15, 0.2) is 53.6 Å². The van der Waals surface area contributed by atoms with Gasteiger partial charge < -0.3 is 20.5 Å². The van der Waals surface area contributed by atoms with Crippen molar-refractivity contribution in [3.63, 3.8) is 0 Å². The maximum Gasteiger partial charge on any atom is 0.248 e. The number of likely N-dealkylation sites (tertiary alicyclic amines) is 1. The minimum atomic E-state index is -1.02. The highest BCUT2D eigenvalue weighted by molar-refractivity contribution is 5.94. The zero-order chi connectivity index (χ0) is 28.1. The van der Waals surface area contributed by atoms with E-state index >= 15 is 0 Å². The van der Waals surface area contributed by atoms with Crippen molar-refractivity contribution in [3.8, 4) is 6.07 Å². The van der Waals surface area contributed by atoms with Crippen molar-refractivity contribution in [2.75, 3.05) is 11.9 Å². The van der Waals surface area contributed by atoms with Crippen molar-refractivity contribution in [3.05, 3.63) is 64.8 Å². The quantitative estimate of drug-likeness (QED) is 0.447. The van der Waals surface area contributed by atoms with Gasteiger partial charge in [-0.05, 0) is 28.7 Å². The van der Waals surface area contributed by atoms with Gasteiger partial charge in [0.25, 0.3) is 0 Å². The first-order chi connectivity index (χ1) is 18.4. The van der Waals surface area contributed by atoms with Gasteiger partial charge in [-0.2, -0.15) is 15.5 Å². The standard InChI is InChI=1S/C29H33N7O3/c1-28(2,3)25(33-17-10-11-21(37)31-14-17)27(39)36-15-19-22(29(19,4)5)24(36)26(38)34-20(12-30)23-18-9-7-6-8-16(18)13-32-35-23/h6-11,13-14,19-20,22,24-25,33H,15H2,1-5H3,(H,31,37)(H,34,38)/t19-,20?,22-,24-,25?/m0/s1. The molecular formula is C29H33N7O3. The predicted octanol–water partition coefficient (Wildman–Crippen LogP) is 3.01. The van der Waals surface area contributed by atoms with Crippen LogP contribution in [-0.2, 0) is 9.59 Å². The molecule has 3 N–H and O–H groups in total. The number of nitriles is 1. The summed E-state index contributed by atoms with van der Waals surface area (Å²) in [5.41, 5.74) is 0.153. The van der Waals surface area contributed by atoms with Gasteiger partial charge >= 0.3 is 0 Å². The highest BCUT2D eigenvalue weighted by Crippen LogP contribution is 2.65. The van der Waals surface area contributed by atoms with Crippen molar-refractivity contribution in [2.24, 2.45) is 22.7 Å². The van der Waals surface area contributed by atoms with E-state index < -0.39 is 23.5 Å². The molecule has 0 radical (unpaired) electrons. The SMILES string of the molecule is CC(C)(C)C(Nc1ccc(=O)[nH]c1)C(=O)N1C[C@H]2[C@@H]([C@H]1C(=O)NC(C#N)c1nncc3ccccc13)C2(C)C. The van der Waals surface area contributed by atoms with Crippen LogP contribution < -0.4 is 16.2 Å². The minimum Gasteiger partial charge on any atom is -0.372 e. The Hall–Kier alpha value is -4.26. The maximum atomic E-state index is 14.1. The lowest BCUT2D eigenvalue weighted by Gasteiger charge is -2.38. The second-order valence-corrected chi connectivity index (χ2v) is 12.2. The Morgan fingerprint density at radius 1 is 1.21 bits per heavy atom. The maximum absolute atomic E-state index is 14.1. The number of hydrogen-bond donors (Lipinski definition) is 3. The van der Waals surface area contributed by atoms with Crippen LogP contribution in [0, 0.1) is 34.0 Å². The van der Waals surface area contributed by atoms with Crippen molar-refractivity contribution in [1.82, 2.24) is 25.4 Å². The van der Waals surface area contributed by atoms with Crippen LogP contribution in [0.1, 0.15) is 46.4 Å². The summed E-state index contributed by atoms with van der Waals surface area (Å²) in [5, 5.41) is 25.9. The summed E-state index contributed by atoms with van der Waals surface area (Å²) in [7, 11) is 0.